The van der Waals surface area contributed by atoms with E-state index in [1.165, 1.54) is 0 Å². The number of amides is 2. The minimum atomic E-state index is -0.198. The van der Waals surface area contributed by atoms with Crippen molar-refractivity contribution in [3.05, 3.63) is 24.3 Å². The van der Waals surface area contributed by atoms with Crippen molar-refractivity contribution in [2.45, 2.75) is 12.5 Å². The predicted octanol–water partition coefficient (Wildman–Crippen LogP) is 1.22. The van der Waals surface area contributed by atoms with Gasteiger partial charge in [0.1, 0.15) is 5.75 Å². The van der Waals surface area contributed by atoms with Crippen LogP contribution in [0.5, 0.6) is 5.75 Å². The van der Waals surface area contributed by atoms with Gasteiger partial charge in [-0.25, -0.2) is 4.79 Å². The molecule has 1 saturated heterocycles. The second-order valence-electron chi connectivity index (χ2n) is 4.39. The molecule has 0 aliphatic carbocycles. The highest BCUT2D eigenvalue weighted by atomic mass is 16.3. The zero-order chi connectivity index (χ0) is 12.3. The van der Waals surface area contributed by atoms with Crippen LogP contribution in [-0.4, -0.2) is 42.2 Å². The Bertz CT molecular complexity index is 391. The van der Waals surface area contributed by atoms with Gasteiger partial charge in [-0.1, -0.05) is 0 Å². The summed E-state index contributed by atoms with van der Waals surface area (Å²) in [5, 5.41) is 14.8. The molecule has 1 aromatic rings. The van der Waals surface area contributed by atoms with Crippen LogP contribution in [-0.2, 0) is 0 Å². The van der Waals surface area contributed by atoms with Crippen molar-refractivity contribution in [1.82, 2.24) is 10.2 Å². The van der Waals surface area contributed by atoms with E-state index in [1.807, 2.05) is 7.05 Å². The third kappa shape index (κ3) is 3.35. The van der Waals surface area contributed by atoms with Gasteiger partial charge in [0.05, 0.1) is 0 Å². The van der Waals surface area contributed by atoms with Crippen LogP contribution in [0.3, 0.4) is 0 Å². The van der Waals surface area contributed by atoms with Gasteiger partial charge in [-0.15, -0.1) is 0 Å². The van der Waals surface area contributed by atoms with Gasteiger partial charge in [0.2, 0.25) is 0 Å². The van der Waals surface area contributed by atoms with Crippen LogP contribution in [0.25, 0.3) is 0 Å². The number of likely N-dealkylation sites (tertiary alicyclic amines) is 1. The number of nitrogens with one attached hydrogen (secondary N) is 2. The number of hydrogen-bond acceptors (Lipinski definition) is 3. The van der Waals surface area contributed by atoms with Crippen LogP contribution < -0.4 is 10.6 Å². The van der Waals surface area contributed by atoms with Gasteiger partial charge >= 0.3 is 6.03 Å². The molecule has 1 aliphatic rings. The maximum Gasteiger partial charge on any atom is 0.319 e. The van der Waals surface area contributed by atoms with Crippen molar-refractivity contribution in [3.8, 4) is 5.75 Å². The Morgan fingerprint density at radius 1 is 1.41 bits per heavy atom. The first kappa shape index (κ1) is 11.7. The monoisotopic (exact) mass is 235 g/mol. The number of rotatable bonds is 2. The van der Waals surface area contributed by atoms with E-state index in [0.717, 1.165) is 19.5 Å². The summed E-state index contributed by atoms with van der Waals surface area (Å²) in [6.07, 6.45) is 0.986. The highest BCUT2D eigenvalue weighted by Crippen LogP contribution is 2.13. The van der Waals surface area contributed by atoms with E-state index in [-0.39, 0.29) is 17.8 Å². The Morgan fingerprint density at radius 2 is 2.12 bits per heavy atom. The van der Waals surface area contributed by atoms with Gasteiger partial charge in [-0.2, -0.15) is 0 Å². The largest absolute Gasteiger partial charge is 0.508 e. The van der Waals surface area contributed by atoms with Gasteiger partial charge in [-0.3, -0.25) is 0 Å². The maximum absolute atomic E-state index is 11.7. The minimum absolute atomic E-state index is 0.188. The zero-order valence-electron chi connectivity index (χ0n) is 9.81. The molecular weight excluding hydrogens is 218 g/mol. The summed E-state index contributed by atoms with van der Waals surface area (Å²) < 4.78 is 0. The number of likely N-dealkylation sites (N-methyl/N-ethyl adjacent to an activating group) is 1. The maximum atomic E-state index is 11.7. The molecule has 2 amide bonds. The first-order valence-electron chi connectivity index (χ1n) is 5.68. The van der Waals surface area contributed by atoms with Crippen LogP contribution in [0.15, 0.2) is 24.3 Å². The summed E-state index contributed by atoms with van der Waals surface area (Å²) in [6, 6.07) is 6.43. The van der Waals surface area contributed by atoms with Crippen LogP contribution in [0.1, 0.15) is 6.42 Å². The number of carbonyl (C=O) groups is 1. The molecule has 5 heteroatoms. The predicted molar refractivity (Wildman–Crippen MR) is 66.2 cm³/mol. The lowest BCUT2D eigenvalue weighted by Crippen LogP contribution is -2.39. The number of phenolic OH excluding ortho intramolecular Hbond substituents is 1. The molecule has 0 bridgehead atoms. The van der Waals surface area contributed by atoms with E-state index in [2.05, 4.69) is 15.5 Å². The summed E-state index contributed by atoms with van der Waals surface area (Å²) in [7, 11) is 2.04. The Kier molecular flexibility index (Phi) is 3.49. The number of nitrogens with zero attached hydrogens (tertiary/aromatic N) is 1. The molecule has 0 aromatic heterocycles. The topological polar surface area (TPSA) is 64.6 Å². The minimum Gasteiger partial charge on any atom is -0.508 e. The van der Waals surface area contributed by atoms with Gasteiger partial charge in [-0.05, 0) is 44.3 Å². The highest BCUT2D eigenvalue weighted by Gasteiger charge is 2.20. The lowest BCUT2D eigenvalue weighted by molar-refractivity contribution is 0.248. The number of anilines is 1. The average Bonchev–Trinajstić information content (AvgIpc) is 2.67. The molecule has 2 rings (SSSR count). The molecule has 0 radical (unpaired) electrons. The van der Waals surface area contributed by atoms with E-state index >= 15 is 0 Å². The SMILES string of the molecule is CN1CC[C@@H](NC(=O)Nc2ccc(O)cc2)C1. The molecule has 1 aromatic carbocycles. The Hall–Kier alpha value is -1.75. The van der Waals surface area contributed by atoms with Crippen molar-refractivity contribution in [2.24, 2.45) is 0 Å². The molecule has 92 valence electrons. The van der Waals surface area contributed by atoms with Gasteiger partial charge in [0, 0.05) is 18.3 Å². The van der Waals surface area contributed by atoms with Gasteiger partial charge in [0.15, 0.2) is 0 Å². The summed E-state index contributed by atoms with van der Waals surface area (Å²) >= 11 is 0. The normalized spacial score (nSPS) is 20.2. The van der Waals surface area contributed by atoms with E-state index in [9.17, 15) is 4.79 Å². The van der Waals surface area contributed by atoms with Crippen molar-refractivity contribution >= 4 is 11.7 Å². The molecule has 0 spiro atoms. The summed E-state index contributed by atoms with van der Waals surface area (Å²) in [6.45, 7) is 1.91. The lowest BCUT2D eigenvalue weighted by atomic mass is 10.2. The second-order valence-corrected chi connectivity index (χ2v) is 4.39. The van der Waals surface area contributed by atoms with E-state index < -0.39 is 0 Å². The van der Waals surface area contributed by atoms with Crippen LogP contribution >= 0.6 is 0 Å². The standard InChI is InChI=1S/C12H17N3O2/c1-15-7-6-10(8-15)14-12(17)13-9-2-4-11(16)5-3-9/h2-5,10,16H,6-8H2,1H3,(H2,13,14,17)/t10-/m1/s1. The van der Waals surface area contributed by atoms with E-state index in [1.54, 1.807) is 24.3 Å². The zero-order valence-corrected chi connectivity index (χ0v) is 9.81. The van der Waals surface area contributed by atoms with Crippen molar-refractivity contribution in [3.63, 3.8) is 0 Å². The first-order valence-corrected chi connectivity index (χ1v) is 5.68. The third-order valence-corrected chi connectivity index (χ3v) is 2.85. The van der Waals surface area contributed by atoms with E-state index in [4.69, 9.17) is 5.11 Å². The number of hydrogen-bond donors (Lipinski definition) is 3. The average molecular weight is 235 g/mol. The molecule has 1 heterocycles. The molecule has 0 unspecified atom stereocenters. The molecular formula is C12H17N3O2. The molecule has 1 atom stereocenters. The van der Waals surface area contributed by atoms with Crippen LogP contribution in [0.2, 0.25) is 0 Å². The number of aromatic hydroxyl groups is 1. The summed E-state index contributed by atoms with van der Waals surface area (Å²) in [5.41, 5.74) is 0.673. The highest BCUT2D eigenvalue weighted by molar-refractivity contribution is 5.89. The lowest BCUT2D eigenvalue weighted by Gasteiger charge is -2.13. The summed E-state index contributed by atoms with van der Waals surface area (Å²) in [4.78, 5) is 13.8. The fraction of sp³-hybridized carbons (Fsp3) is 0.417. The van der Waals surface area contributed by atoms with Crippen LogP contribution in [0.4, 0.5) is 10.5 Å². The number of carbonyl (C=O) groups excluding carboxylic acids is 1. The fourth-order valence-corrected chi connectivity index (χ4v) is 1.95. The number of urea groups is 1. The molecule has 1 fully saturated rings. The van der Waals surface area contributed by atoms with E-state index in [0.29, 0.717) is 5.69 Å². The molecule has 3 N–H and O–H groups in total. The third-order valence-electron chi connectivity index (χ3n) is 2.85. The van der Waals surface area contributed by atoms with Crippen molar-refractivity contribution < 1.29 is 9.90 Å². The fourth-order valence-electron chi connectivity index (χ4n) is 1.95. The molecule has 5 nitrogen and oxygen atoms in total. The Morgan fingerprint density at radius 3 is 2.71 bits per heavy atom. The first-order chi connectivity index (χ1) is 8.13. The van der Waals surface area contributed by atoms with Gasteiger partial charge < -0.3 is 20.6 Å². The number of benzene rings is 1. The summed E-state index contributed by atoms with van der Waals surface area (Å²) in [5.74, 6) is 0.188. The quantitative estimate of drug-likeness (QED) is 0.675. The van der Waals surface area contributed by atoms with Gasteiger partial charge in [0.25, 0.3) is 0 Å². The van der Waals surface area contributed by atoms with Crippen molar-refractivity contribution in [2.75, 3.05) is 25.5 Å². The molecule has 17 heavy (non-hydrogen) atoms. The van der Waals surface area contributed by atoms with Crippen molar-refractivity contribution in [1.29, 1.82) is 0 Å². The Balaban J connectivity index is 1.83. The van der Waals surface area contributed by atoms with Crippen LogP contribution in [0, 0.1) is 0 Å². The second kappa shape index (κ2) is 5.05. The molecule has 1 aliphatic heterocycles. The smallest absolute Gasteiger partial charge is 0.319 e. The number of phenols is 1. The Labute approximate surface area is 100 Å². The molecule has 0 saturated carbocycles.